The Kier molecular flexibility index (Phi) is 31.2. The largest absolute Gasteiger partial charge is 0.472 e. The second kappa shape index (κ2) is 31.9. The molecule has 0 aliphatic carbocycles. The lowest BCUT2D eigenvalue weighted by molar-refractivity contribution is -0.870. The number of rotatable bonds is 35. The van der Waals surface area contributed by atoms with Crippen molar-refractivity contribution >= 4 is 13.7 Å². The Morgan fingerprint density at radius 2 is 1.15 bits per heavy atom. The molecule has 8 nitrogen and oxygen atoms in total. The van der Waals surface area contributed by atoms with E-state index in [0.29, 0.717) is 17.4 Å². The van der Waals surface area contributed by atoms with Crippen LogP contribution in [0.5, 0.6) is 0 Å². The summed E-state index contributed by atoms with van der Waals surface area (Å²) >= 11 is 0. The molecule has 0 saturated carbocycles. The van der Waals surface area contributed by atoms with Gasteiger partial charge in [-0.25, -0.2) is 4.57 Å². The number of hydrogen-bond acceptors (Lipinski definition) is 5. The van der Waals surface area contributed by atoms with Crippen LogP contribution in [0.1, 0.15) is 168 Å². The first kappa shape index (κ1) is 47.0. The highest BCUT2D eigenvalue weighted by Crippen LogP contribution is 2.43. The van der Waals surface area contributed by atoms with Gasteiger partial charge in [0.15, 0.2) is 0 Å². The van der Waals surface area contributed by atoms with Gasteiger partial charge in [0.2, 0.25) is 5.91 Å². The summed E-state index contributed by atoms with van der Waals surface area (Å²) in [7, 11) is 1.55. The summed E-state index contributed by atoms with van der Waals surface area (Å²) < 4.78 is 23.4. The van der Waals surface area contributed by atoms with Gasteiger partial charge in [0.05, 0.1) is 39.9 Å². The summed E-state index contributed by atoms with van der Waals surface area (Å²) in [5, 5.41) is 13.7. The lowest BCUT2D eigenvalue weighted by atomic mass is 10.0. The van der Waals surface area contributed by atoms with Gasteiger partial charge in [0, 0.05) is 6.42 Å². The molecule has 0 radical (unpaired) electrons. The van der Waals surface area contributed by atoms with Crippen molar-refractivity contribution in [2.24, 2.45) is 0 Å². The quantitative estimate of drug-likeness (QED) is 0.0263. The molecule has 3 unspecified atom stereocenters. The number of phosphoric acid groups is 1. The number of nitrogens with zero attached hydrogens (tertiary/aromatic N) is 1. The van der Waals surface area contributed by atoms with Crippen molar-refractivity contribution in [2.75, 3.05) is 40.9 Å². The van der Waals surface area contributed by atoms with Gasteiger partial charge in [-0.15, -0.1) is 0 Å². The molecule has 9 heteroatoms. The molecule has 0 aromatic carbocycles. The average Bonchev–Trinajstić information content (AvgIpc) is 3.02. The zero-order valence-electron chi connectivity index (χ0n) is 32.0. The van der Waals surface area contributed by atoms with E-state index in [1.54, 1.807) is 6.08 Å². The maximum absolute atomic E-state index is 12.7. The molecule has 0 rings (SSSR count). The van der Waals surface area contributed by atoms with E-state index in [1.165, 1.54) is 109 Å². The smallest absolute Gasteiger partial charge is 0.387 e. The van der Waals surface area contributed by atoms with Crippen molar-refractivity contribution in [2.45, 2.75) is 180 Å². The highest BCUT2D eigenvalue weighted by atomic mass is 31.2. The fraction of sp³-hybridized carbons (Fsp3) is 0.872. The van der Waals surface area contributed by atoms with E-state index in [9.17, 15) is 19.4 Å². The van der Waals surface area contributed by atoms with E-state index in [2.05, 4.69) is 31.3 Å². The Hall–Kier alpha value is -1.02. The first-order chi connectivity index (χ1) is 23.0. The normalized spacial score (nSPS) is 14.9. The number of allylic oxidation sites excluding steroid dienone is 3. The summed E-state index contributed by atoms with van der Waals surface area (Å²) in [5.74, 6) is -0.193. The van der Waals surface area contributed by atoms with Gasteiger partial charge in [-0.1, -0.05) is 154 Å². The molecule has 0 aliphatic heterocycles. The van der Waals surface area contributed by atoms with Crippen molar-refractivity contribution in [3.63, 3.8) is 0 Å². The topological polar surface area (TPSA) is 105 Å². The third-order valence-corrected chi connectivity index (χ3v) is 9.66. The fourth-order valence-electron chi connectivity index (χ4n) is 5.47. The molecule has 1 amide bonds. The van der Waals surface area contributed by atoms with Crippen LogP contribution in [0.15, 0.2) is 24.3 Å². The van der Waals surface area contributed by atoms with Gasteiger partial charge in [0.25, 0.3) is 0 Å². The van der Waals surface area contributed by atoms with Crippen LogP contribution in [0.25, 0.3) is 0 Å². The molecule has 0 aliphatic rings. The molecule has 0 aromatic rings. The number of carbonyl (C=O) groups excluding carboxylic acids is 1. The predicted molar refractivity (Wildman–Crippen MR) is 203 cm³/mol. The Balaban J connectivity index is 4.48. The Morgan fingerprint density at radius 3 is 1.67 bits per heavy atom. The molecule has 0 saturated heterocycles. The second-order valence-electron chi connectivity index (χ2n) is 14.7. The van der Waals surface area contributed by atoms with Crippen LogP contribution >= 0.6 is 7.82 Å². The summed E-state index contributed by atoms with van der Waals surface area (Å²) in [6.07, 6.45) is 35.4. The van der Waals surface area contributed by atoms with Crippen LogP contribution in [-0.4, -0.2) is 73.4 Å². The lowest BCUT2D eigenvalue weighted by Gasteiger charge is -2.25. The molecule has 0 fully saturated rings. The maximum Gasteiger partial charge on any atom is 0.472 e. The third kappa shape index (κ3) is 33.5. The molecule has 0 bridgehead atoms. The van der Waals surface area contributed by atoms with E-state index in [0.717, 1.165) is 38.5 Å². The average molecular weight is 702 g/mol. The van der Waals surface area contributed by atoms with Crippen molar-refractivity contribution in [3.8, 4) is 0 Å². The number of likely N-dealkylation sites (N-methyl/N-ethyl adjacent to an activating group) is 1. The van der Waals surface area contributed by atoms with E-state index < -0.39 is 20.0 Å². The number of aliphatic hydroxyl groups is 1. The predicted octanol–water partition coefficient (Wildman–Crippen LogP) is 10.2. The number of amides is 1. The number of unbranched alkanes of at least 4 members (excludes halogenated alkanes) is 20. The number of carbonyl (C=O) groups is 1. The van der Waals surface area contributed by atoms with Gasteiger partial charge in [-0.3, -0.25) is 13.8 Å². The standard InChI is InChI=1S/C39H77N2O6P/c1-6-8-10-12-14-16-17-18-19-20-21-22-23-24-25-26-28-30-32-38(42)37(36-47-48(44,45)46-35-34-41(3,4)5)40-39(43)33-31-29-27-15-13-11-9-7-2/h24-25,30,32,37-38,42H,6-23,26-29,31,33-36H2,1-5H3,(H-,40,43,44,45)/p+1/b25-24+,32-30+. The molecular formula is C39H78N2O6P+. The minimum absolute atomic E-state index is 0.0576. The van der Waals surface area contributed by atoms with Gasteiger partial charge in [0.1, 0.15) is 13.2 Å². The zero-order chi connectivity index (χ0) is 35.8. The molecule has 0 aromatic heterocycles. The molecule has 3 N–H and O–H groups in total. The first-order valence-electron chi connectivity index (χ1n) is 19.7. The van der Waals surface area contributed by atoms with Crippen molar-refractivity contribution < 1.29 is 32.9 Å². The van der Waals surface area contributed by atoms with Crippen LogP contribution in [0.4, 0.5) is 0 Å². The Morgan fingerprint density at radius 1 is 0.688 bits per heavy atom. The third-order valence-electron chi connectivity index (χ3n) is 8.67. The van der Waals surface area contributed by atoms with Crippen LogP contribution in [0, 0.1) is 0 Å². The molecule has 0 spiro atoms. The minimum atomic E-state index is -4.33. The molecular weight excluding hydrogens is 623 g/mol. The number of phosphoric ester groups is 1. The highest BCUT2D eigenvalue weighted by molar-refractivity contribution is 7.47. The van der Waals surface area contributed by atoms with Crippen molar-refractivity contribution in [1.82, 2.24) is 5.32 Å². The first-order valence-corrected chi connectivity index (χ1v) is 21.2. The summed E-state index contributed by atoms with van der Waals surface area (Å²) in [6.45, 7) is 4.74. The molecule has 48 heavy (non-hydrogen) atoms. The Labute approximate surface area is 296 Å². The summed E-state index contributed by atoms with van der Waals surface area (Å²) in [4.78, 5) is 22.9. The van der Waals surface area contributed by atoms with Crippen molar-refractivity contribution in [1.29, 1.82) is 0 Å². The molecule has 3 atom stereocenters. The zero-order valence-corrected chi connectivity index (χ0v) is 32.9. The van der Waals surface area contributed by atoms with Crippen LogP contribution in [0.3, 0.4) is 0 Å². The fourth-order valence-corrected chi connectivity index (χ4v) is 6.20. The maximum atomic E-state index is 12.7. The van der Waals surface area contributed by atoms with E-state index in [1.807, 2.05) is 27.2 Å². The van der Waals surface area contributed by atoms with E-state index in [4.69, 9.17) is 9.05 Å². The van der Waals surface area contributed by atoms with Crippen LogP contribution < -0.4 is 5.32 Å². The number of aliphatic hydroxyl groups excluding tert-OH is 1. The number of hydrogen-bond donors (Lipinski definition) is 3. The Bertz CT molecular complexity index is 845. The lowest BCUT2D eigenvalue weighted by Crippen LogP contribution is -2.45. The number of quaternary nitrogens is 1. The van der Waals surface area contributed by atoms with Gasteiger partial charge in [-0.2, -0.15) is 0 Å². The van der Waals surface area contributed by atoms with Gasteiger partial charge < -0.3 is 19.8 Å². The summed E-state index contributed by atoms with van der Waals surface area (Å²) in [5.41, 5.74) is 0. The van der Waals surface area contributed by atoms with Gasteiger partial charge >= 0.3 is 7.82 Å². The SMILES string of the molecule is CCCCCCCCCCCCCC/C=C/CC/C=C/C(O)C(COP(=O)(O)OCC[N+](C)(C)C)NC(=O)CCCCCCCCCC. The highest BCUT2D eigenvalue weighted by Gasteiger charge is 2.27. The van der Waals surface area contributed by atoms with Gasteiger partial charge in [-0.05, 0) is 32.1 Å². The molecule has 0 heterocycles. The van der Waals surface area contributed by atoms with Crippen LogP contribution in [0.2, 0.25) is 0 Å². The van der Waals surface area contributed by atoms with Crippen molar-refractivity contribution in [3.05, 3.63) is 24.3 Å². The number of nitrogens with one attached hydrogen (secondary N) is 1. The summed E-state index contributed by atoms with van der Waals surface area (Å²) in [6, 6.07) is -0.855. The monoisotopic (exact) mass is 702 g/mol. The van der Waals surface area contributed by atoms with E-state index >= 15 is 0 Å². The molecule has 284 valence electrons. The second-order valence-corrected chi connectivity index (χ2v) is 16.1. The van der Waals surface area contributed by atoms with Crippen LogP contribution in [-0.2, 0) is 18.4 Å². The van der Waals surface area contributed by atoms with E-state index in [-0.39, 0.29) is 19.1 Å². The minimum Gasteiger partial charge on any atom is -0.387 e.